The fourth-order valence-corrected chi connectivity index (χ4v) is 3.55. The molecular formula is C25H32N4O2. The topological polar surface area (TPSA) is 66.5 Å². The maximum absolute atomic E-state index is 12.2. The van der Waals surface area contributed by atoms with Crippen LogP contribution in [0.3, 0.4) is 0 Å². The van der Waals surface area contributed by atoms with E-state index in [-0.39, 0.29) is 5.91 Å². The van der Waals surface area contributed by atoms with Crippen LogP contribution in [0.5, 0.6) is 5.75 Å². The van der Waals surface area contributed by atoms with E-state index in [0.717, 1.165) is 43.1 Å². The van der Waals surface area contributed by atoms with Crippen LogP contribution in [0.4, 0.5) is 0 Å². The lowest BCUT2D eigenvalue weighted by molar-refractivity contribution is 0.0827. The average molecular weight is 421 g/mol. The van der Waals surface area contributed by atoms with Crippen molar-refractivity contribution >= 4 is 18.1 Å². The first kappa shape index (κ1) is 22.7. The molecule has 1 amide bonds. The highest BCUT2D eigenvalue weighted by molar-refractivity contribution is 5.94. The summed E-state index contributed by atoms with van der Waals surface area (Å²) in [7, 11) is 3.47. The highest BCUT2D eigenvalue weighted by Crippen LogP contribution is 2.20. The van der Waals surface area contributed by atoms with E-state index in [1.165, 1.54) is 12.0 Å². The first-order valence-electron chi connectivity index (χ1n) is 10.7. The average Bonchev–Trinajstić information content (AvgIpc) is 3.29. The second-order valence-corrected chi connectivity index (χ2v) is 8.04. The highest BCUT2D eigenvalue weighted by Gasteiger charge is 2.13. The van der Waals surface area contributed by atoms with Gasteiger partial charge in [0.15, 0.2) is 0 Å². The molecule has 0 aliphatic carbocycles. The SMILES string of the molecule is C=CCOc1cc(/C=C/c2cncc(C(=O)N(C)C)c2)cc(CNCC2CCNC2)c1. The Hall–Kier alpha value is -2.96. The summed E-state index contributed by atoms with van der Waals surface area (Å²) < 4.78 is 5.79. The van der Waals surface area contributed by atoms with E-state index in [0.29, 0.717) is 18.1 Å². The molecule has 3 rings (SSSR count). The third-order valence-electron chi connectivity index (χ3n) is 5.16. The molecule has 0 radical (unpaired) electrons. The van der Waals surface area contributed by atoms with Gasteiger partial charge in [-0.15, -0.1) is 0 Å². The largest absolute Gasteiger partial charge is 0.490 e. The third kappa shape index (κ3) is 7.05. The van der Waals surface area contributed by atoms with Gasteiger partial charge in [0, 0.05) is 33.0 Å². The van der Waals surface area contributed by atoms with E-state index in [9.17, 15) is 4.79 Å². The van der Waals surface area contributed by atoms with Crippen LogP contribution in [0.1, 0.15) is 33.5 Å². The number of carbonyl (C=O) groups is 1. The van der Waals surface area contributed by atoms with Crippen molar-refractivity contribution in [1.29, 1.82) is 0 Å². The zero-order valence-electron chi connectivity index (χ0n) is 18.4. The minimum atomic E-state index is -0.0617. The van der Waals surface area contributed by atoms with Crippen molar-refractivity contribution in [1.82, 2.24) is 20.5 Å². The van der Waals surface area contributed by atoms with Crippen molar-refractivity contribution < 1.29 is 9.53 Å². The molecule has 1 aromatic carbocycles. The maximum atomic E-state index is 12.2. The van der Waals surface area contributed by atoms with Crippen molar-refractivity contribution in [2.75, 3.05) is 40.3 Å². The molecule has 6 nitrogen and oxygen atoms in total. The number of amides is 1. The Morgan fingerprint density at radius 2 is 2.10 bits per heavy atom. The maximum Gasteiger partial charge on any atom is 0.254 e. The summed E-state index contributed by atoms with van der Waals surface area (Å²) in [6.45, 7) is 8.20. The van der Waals surface area contributed by atoms with Gasteiger partial charge < -0.3 is 20.3 Å². The van der Waals surface area contributed by atoms with E-state index >= 15 is 0 Å². The molecule has 1 aliphatic heterocycles. The molecule has 1 aliphatic rings. The number of carbonyl (C=O) groups excluding carboxylic acids is 1. The molecule has 6 heteroatoms. The molecule has 1 atom stereocenters. The van der Waals surface area contributed by atoms with Gasteiger partial charge in [0.2, 0.25) is 0 Å². The number of hydrogen-bond donors (Lipinski definition) is 2. The number of benzene rings is 1. The zero-order valence-corrected chi connectivity index (χ0v) is 18.4. The third-order valence-corrected chi connectivity index (χ3v) is 5.16. The second kappa shape index (κ2) is 11.4. The first-order valence-corrected chi connectivity index (χ1v) is 10.7. The lowest BCUT2D eigenvalue weighted by Crippen LogP contribution is -2.24. The summed E-state index contributed by atoms with van der Waals surface area (Å²) >= 11 is 0. The van der Waals surface area contributed by atoms with Crippen LogP contribution in [-0.4, -0.2) is 56.1 Å². The van der Waals surface area contributed by atoms with Gasteiger partial charge in [-0.25, -0.2) is 0 Å². The molecule has 1 saturated heterocycles. The van der Waals surface area contributed by atoms with Crippen molar-refractivity contribution in [3.8, 4) is 5.75 Å². The molecular weight excluding hydrogens is 388 g/mol. The number of hydrogen-bond acceptors (Lipinski definition) is 5. The first-order chi connectivity index (χ1) is 15.0. The van der Waals surface area contributed by atoms with E-state index in [2.05, 4.69) is 34.3 Å². The van der Waals surface area contributed by atoms with Crippen LogP contribution >= 0.6 is 0 Å². The van der Waals surface area contributed by atoms with Gasteiger partial charge in [-0.3, -0.25) is 9.78 Å². The summed E-state index contributed by atoms with van der Waals surface area (Å²) in [5.41, 5.74) is 3.65. The number of ether oxygens (including phenoxy) is 1. The summed E-state index contributed by atoms with van der Waals surface area (Å²) in [5.74, 6) is 1.45. The molecule has 0 saturated carbocycles. The number of rotatable bonds is 10. The van der Waals surface area contributed by atoms with Crippen molar-refractivity contribution in [3.63, 3.8) is 0 Å². The quantitative estimate of drug-likeness (QED) is 0.578. The summed E-state index contributed by atoms with van der Waals surface area (Å²) in [4.78, 5) is 17.9. The molecule has 1 fully saturated rings. The molecule has 0 spiro atoms. The lowest BCUT2D eigenvalue weighted by atomic mass is 10.1. The van der Waals surface area contributed by atoms with Gasteiger partial charge >= 0.3 is 0 Å². The minimum absolute atomic E-state index is 0.0617. The molecule has 0 bridgehead atoms. The predicted molar refractivity (Wildman–Crippen MR) is 126 cm³/mol. The molecule has 1 aromatic heterocycles. The van der Waals surface area contributed by atoms with Crippen molar-refractivity contribution in [2.24, 2.45) is 5.92 Å². The Kier molecular flexibility index (Phi) is 8.38. The Bertz CT molecular complexity index is 917. The van der Waals surface area contributed by atoms with Gasteiger partial charge in [-0.2, -0.15) is 0 Å². The summed E-state index contributed by atoms with van der Waals surface area (Å²) in [5, 5.41) is 6.97. The molecule has 2 N–H and O–H groups in total. The Morgan fingerprint density at radius 3 is 2.84 bits per heavy atom. The van der Waals surface area contributed by atoms with Crippen molar-refractivity contribution in [3.05, 3.63) is 71.6 Å². The smallest absolute Gasteiger partial charge is 0.254 e. The Balaban J connectivity index is 1.73. The van der Waals surface area contributed by atoms with Gasteiger partial charge in [0.05, 0.1) is 5.56 Å². The molecule has 2 aromatic rings. The standard InChI is InChI=1S/C25H32N4O2/c1-4-9-31-24-12-19(10-22(13-24)17-27-16-21-7-8-26-15-21)5-6-20-11-23(18-28-14-20)25(30)29(2)3/h4-6,10-14,18,21,26-27H,1,7-9,15-17H2,2-3H3/b6-5+. The fraction of sp³-hybridized carbons (Fsp3) is 0.360. The number of nitrogens with one attached hydrogen (secondary N) is 2. The Morgan fingerprint density at radius 1 is 1.26 bits per heavy atom. The van der Waals surface area contributed by atoms with E-state index in [1.54, 1.807) is 37.5 Å². The highest BCUT2D eigenvalue weighted by atomic mass is 16.5. The molecule has 164 valence electrons. The summed E-state index contributed by atoms with van der Waals surface area (Å²) in [6.07, 6.45) is 10.3. The molecule has 2 heterocycles. The second-order valence-electron chi connectivity index (χ2n) is 8.04. The molecule has 1 unspecified atom stereocenters. The van der Waals surface area contributed by atoms with E-state index in [1.807, 2.05) is 24.3 Å². The number of pyridine rings is 1. The van der Waals surface area contributed by atoms with E-state index in [4.69, 9.17) is 4.74 Å². The van der Waals surface area contributed by atoms with Crippen molar-refractivity contribution in [2.45, 2.75) is 13.0 Å². The van der Waals surface area contributed by atoms with E-state index < -0.39 is 0 Å². The summed E-state index contributed by atoms with van der Waals surface area (Å²) in [6, 6.07) is 8.08. The van der Waals surface area contributed by atoms with Crippen LogP contribution in [0, 0.1) is 5.92 Å². The normalized spacial score (nSPS) is 15.9. The van der Waals surface area contributed by atoms with Crippen LogP contribution in [0.25, 0.3) is 12.2 Å². The van der Waals surface area contributed by atoms with Gasteiger partial charge in [0.1, 0.15) is 12.4 Å². The molecule has 31 heavy (non-hydrogen) atoms. The van der Waals surface area contributed by atoms with Gasteiger partial charge in [-0.1, -0.05) is 30.9 Å². The van der Waals surface area contributed by atoms with Crippen LogP contribution in [0.15, 0.2) is 49.3 Å². The van der Waals surface area contributed by atoms with Gasteiger partial charge in [-0.05, 0) is 66.9 Å². The Labute approximate surface area is 185 Å². The van der Waals surface area contributed by atoms with Crippen LogP contribution in [0.2, 0.25) is 0 Å². The van der Waals surface area contributed by atoms with Crippen LogP contribution in [-0.2, 0) is 6.54 Å². The lowest BCUT2D eigenvalue weighted by Gasteiger charge is -2.12. The van der Waals surface area contributed by atoms with Crippen LogP contribution < -0.4 is 15.4 Å². The number of nitrogens with zero attached hydrogens (tertiary/aromatic N) is 2. The minimum Gasteiger partial charge on any atom is -0.490 e. The fourth-order valence-electron chi connectivity index (χ4n) is 3.55. The number of aromatic nitrogens is 1. The predicted octanol–water partition coefficient (Wildman–Crippen LogP) is 3.22. The van der Waals surface area contributed by atoms with Gasteiger partial charge in [0.25, 0.3) is 5.91 Å². The monoisotopic (exact) mass is 420 g/mol. The zero-order chi connectivity index (χ0) is 22.1.